The molecule has 5 heteroatoms. The van der Waals surface area contributed by atoms with E-state index in [0.29, 0.717) is 31.8 Å². The summed E-state index contributed by atoms with van der Waals surface area (Å²) in [6, 6.07) is 6.28. The van der Waals surface area contributed by atoms with Crippen LogP contribution in [0.4, 0.5) is 4.39 Å². The molecule has 0 radical (unpaired) electrons. The van der Waals surface area contributed by atoms with E-state index >= 15 is 0 Å². The summed E-state index contributed by atoms with van der Waals surface area (Å²) >= 11 is 0. The first kappa shape index (κ1) is 15.0. The Labute approximate surface area is 129 Å². The molecule has 1 heterocycles. The largest absolute Gasteiger partial charge is 0.355 e. The Morgan fingerprint density at radius 1 is 1.27 bits per heavy atom. The first-order valence-corrected chi connectivity index (χ1v) is 7.92. The lowest BCUT2D eigenvalue weighted by Crippen LogP contribution is -2.34. The maximum Gasteiger partial charge on any atom is 0.225 e. The summed E-state index contributed by atoms with van der Waals surface area (Å²) in [6.07, 6.45) is 3.41. The van der Waals surface area contributed by atoms with E-state index in [4.69, 9.17) is 0 Å². The SMILES string of the molecule is O=C(NCCc1ccc(F)cc1)[C@H]1CC(=O)N(CC2CC2)C1. The number of amides is 2. The van der Waals surface area contributed by atoms with E-state index < -0.39 is 0 Å². The summed E-state index contributed by atoms with van der Waals surface area (Å²) in [5.41, 5.74) is 0.986. The molecule has 1 aromatic rings. The molecule has 1 saturated heterocycles. The van der Waals surface area contributed by atoms with Crippen LogP contribution in [-0.4, -0.2) is 36.3 Å². The quantitative estimate of drug-likeness (QED) is 0.870. The number of carbonyl (C=O) groups excluding carboxylic acids is 2. The second kappa shape index (κ2) is 6.46. The highest BCUT2D eigenvalue weighted by atomic mass is 19.1. The minimum Gasteiger partial charge on any atom is -0.355 e. The normalized spacial score (nSPS) is 21.2. The Balaban J connectivity index is 1.42. The van der Waals surface area contributed by atoms with Crippen molar-refractivity contribution in [3.63, 3.8) is 0 Å². The van der Waals surface area contributed by atoms with Crippen molar-refractivity contribution in [2.24, 2.45) is 11.8 Å². The molecule has 0 aromatic heterocycles. The number of benzene rings is 1. The summed E-state index contributed by atoms with van der Waals surface area (Å²) in [4.78, 5) is 25.9. The number of nitrogens with zero attached hydrogens (tertiary/aromatic N) is 1. The Morgan fingerprint density at radius 3 is 2.68 bits per heavy atom. The van der Waals surface area contributed by atoms with Crippen LogP contribution in [-0.2, 0) is 16.0 Å². The van der Waals surface area contributed by atoms with Gasteiger partial charge in [-0.05, 0) is 42.9 Å². The van der Waals surface area contributed by atoms with Gasteiger partial charge in [-0.15, -0.1) is 0 Å². The Morgan fingerprint density at radius 2 is 2.00 bits per heavy atom. The number of halogens is 1. The zero-order chi connectivity index (χ0) is 15.5. The molecular formula is C17H21FN2O2. The molecule has 1 N–H and O–H groups in total. The van der Waals surface area contributed by atoms with Crippen LogP contribution in [0.5, 0.6) is 0 Å². The lowest BCUT2D eigenvalue weighted by atomic mass is 10.1. The number of nitrogens with one attached hydrogen (secondary N) is 1. The topological polar surface area (TPSA) is 49.4 Å². The molecule has 0 unspecified atom stereocenters. The van der Waals surface area contributed by atoms with E-state index in [1.165, 1.54) is 25.0 Å². The predicted molar refractivity (Wildman–Crippen MR) is 80.5 cm³/mol. The van der Waals surface area contributed by atoms with Gasteiger partial charge in [0.25, 0.3) is 0 Å². The van der Waals surface area contributed by atoms with Crippen LogP contribution in [0.25, 0.3) is 0 Å². The molecule has 22 heavy (non-hydrogen) atoms. The first-order valence-electron chi connectivity index (χ1n) is 7.92. The highest BCUT2D eigenvalue weighted by molar-refractivity contribution is 5.89. The zero-order valence-corrected chi connectivity index (χ0v) is 12.6. The summed E-state index contributed by atoms with van der Waals surface area (Å²) < 4.78 is 12.8. The molecule has 0 spiro atoms. The van der Waals surface area contributed by atoms with Crippen molar-refractivity contribution in [2.75, 3.05) is 19.6 Å². The minimum absolute atomic E-state index is 0.0474. The lowest BCUT2D eigenvalue weighted by Gasteiger charge is -2.16. The van der Waals surface area contributed by atoms with E-state index in [9.17, 15) is 14.0 Å². The Hall–Kier alpha value is -1.91. The third-order valence-electron chi connectivity index (χ3n) is 4.39. The van der Waals surface area contributed by atoms with Gasteiger partial charge in [0, 0.05) is 26.1 Å². The smallest absolute Gasteiger partial charge is 0.225 e. The van der Waals surface area contributed by atoms with Crippen molar-refractivity contribution < 1.29 is 14.0 Å². The van der Waals surface area contributed by atoms with Crippen LogP contribution < -0.4 is 5.32 Å². The van der Waals surface area contributed by atoms with Crippen LogP contribution >= 0.6 is 0 Å². The van der Waals surface area contributed by atoms with Gasteiger partial charge in [0.1, 0.15) is 5.82 Å². The van der Waals surface area contributed by atoms with Gasteiger partial charge < -0.3 is 10.2 Å². The van der Waals surface area contributed by atoms with Gasteiger partial charge in [0.2, 0.25) is 11.8 Å². The van der Waals surface area contributed by atoms with Crippen molar-refractivity contribution in [2.45, 2.75) is 25.7 Å². The average molecular weight is 304 g/mol. The summed E-state index contributed by atoms with van der Waals surface area (Å²) in [5.74, 6) is 0.232. The monoisotopic (exact) mass is 304 g/mol. The van der Waals surface area contributed by atoms with Crippen LogP contribution in [0.3, 0.4) is 0 Å². The van der Waals surface area contributed by atoms with Crippen LogP contribution in [0.1, 0.15) is 24.8 Å². The highest BCUT2D eigenvalue weighted by Gasteiger charge is 2.36. The number of likely N-dealkylation sites (tertiary alicyclic amines) is 1. The average Bonchev–Trinajstić information content (AvgIpc) is 3.24. The maximum atomic E-state index is 12.8. The van der Waals surface area contributed by atoms with Crippen molar-refractivity contribution in [1.29, 1.82) is 0 Å². The first-order chi connectivity index (χ1) is 10.6. The van der Waals surface area contributed by atoms with Crippen molar-refractivity contribution in [3.05, 3.63) is 35.6 Å². The lowest BCUT2D eigenvalue weighted by molar-refractivity contribution is -0.129. The van der Waals surface area contributed by atoms with Gasteiger partial charge in [-0.2, -0.15) is 0 Å². The second-order valence-electron chi connectivity index (χ2n) is 6.31. The molecule has 0 bridgehead atoms. The number of hydrogen-bond acceptors (Lipinski definition) is 2. The van der Waals surface area contributed by atoms with Crippen molar-refractivity contribution >= 4 is 11.8 Å². The van der Waals surface area contributed by atoms with E-state index in [1.807, 2.05) is 4.90 Å². The molecule has 1 atom stereocenters. The predicted octanol–water partition coefficient (Wildman–Crippen LogP) is 1.74. The number of hydrogen-bond donors (Lipinski definition) is 1. The molecule has 2 amide bonds. The molecule has 1 aliphatic heterocycles. The third-order valence-corrected chi connectivity index (χ3v) is 4.39. The van der Waals surface area contributed by atoms with Gasteiger partial charge >= 0.3 is 0 Å². The summed E-state index contributed by atoms with van der Waals surface area (Å²) in [6.45, 7) is 1.88. The van der Waals surface area contributed by atoms with Crippen LogP contribution in [0.2, 0.25) is 0 Å². The fourth-order valence-electron chi connectivity index (χ4n) is 2.86. The molecule has 2 fully saturated rings. The van der Waals surface area contributed by atoms with Crippen LogP contribution in [0.15, 0.2) is 24.3 Å². The van der Waals surface area contributed by atoms with Crippen molar-refractivity contribution in [1.82, 2.24) is 10.2 Å². The molecule has 1 aliphatic carbocycles. The van der Waals surface area contributed by atoms with Crippen molar-refractivity contribution in [3.8, 4) is 0 Å². The number of carbonyl (C=O) groups is 2. The van der Waals surface area contributed by atoms with E-state index in [0.717, 1.165) is 12.1 Å². The molecule has 2 aliphatic rings. The molecule has 1 saturated carbocycles. The molecule has 4 nitrogen and oxygen atoms in total. The summed E-state index contributed by atoms with van der Waals surface area (Å²) in [5, 5.41) is 2.89. The van der Waals surface area contributed by atoms with Gasteiger partial charge in [-0.25, -0.2) is 4.39 Å². The molecular weight excluding hydrogens is 283 g/mol. The third kappa shape index (κ3) is 3.84. The molecule has 1 aromatic carbocycles. The number of rotatable bonds is 6. The molecule has 118 valence electrons. The van der Waals surface area contributed by atoms with E-state index in [1.54, 1.807) is 12.1 Å². The summed E-state index contributed by atoms with van der Waals surface area (Å²) in [7, 11) is 0. The highest BCUT2D eigenvalue weighted by Crippen LogP contribution is 2.31. The van der Waals surface area contributed by atoms with Gasteiger partial charge in [0.15, 0.2) is 0 Å². The fraction of sp³-hybridized carbons (Fsp3) is 0.529. The minimum atomic E-state index is -0.256. The van der Waals surface area contributed by atoms with E-state index in [2.05, 4.69) is 5.32 Å². The fourth-order valence-corrected chi connectivity index (χ4v) is 2.86. The van der Waals surface area contributed by atoms with Crippen LogP contribution in [0, 0.1) is 17.7 Å². The van der Waals surface area contributed by atoms with E-state index in [-0.39, 0.29) is 23.5 Å². The zero-order valence-electron chi connectivity index (χ0n) is 12.6. The van der Waals surface area contributed by atoms with Gasteiger partial charge in [-0.1, -0.05) is 12.1 Å². The van der Waals surface area contributed by atoms with Gasteiger partial charge in [-0.3, -0.25) is 9.59 Å². The second-order valence-corrected chi connectivity index (χ2v) is 6.31. The Kier molecular flexibility index (Phi) is 4.41. The standard InChI is InChI=1S/C17H21FN2O2/c18-15-5-3-12(4-6-15)7-8-19-17(22)14-9-16(21)20(11-14)10-13-1-2-13/h3-6,13-14H,1-2,7-11H2,(H,19,22)/t14-/m0/s1. The molecule has 3 rings (SSSR count). The van der Waals surface area contributed by atoms with Gasteiger partial charge in [0.05, 0.1) is 5.92 Å². The Bertz CT molecular complexity index is 554. The maximum absolute atomic E-state index is 12.8.